The van der Waals surface area contributed by atoms with Gasteiger partial charge in [-0.2, -0.15) is 17.7 Å². The van der Waals surface area contributed by atoms with Gasteiger partial charge in [0.25, 0.3) is 0 Å². The molecule has 0 atom stereocenters. The van der Waals surface area contributed by atoms with Crippen molar-refractivity contribution < 1.29 is 17.9 Å². The topological polar surface area (TPSA) is 103 Å². The molecule has 3 aromatic rings. The van der Waals surface area contributed by atoms with Crippen molar-refractivity contribution in [1.82, 2.24) is 23.2 Å². The molecule has 11 heteroatoms. The predicted octanol–water partition coefficient (Wildman–Crippen LogP) is 1.64. The number of aromatic nitrogens is 4. The van der Waals surface area contributed by atoms with Gasteiger partial charge in [0.1, 0.15) is 18.2 Å². The van der Waals surface area contributed by atoms with Crippen molar-refractivity contribution in [3.05, 3.63) is 42.6 Å². The maximum atomic E-state index is 12.6. The van der Waals surface area contributed by atoms with Gasteiger partial charge in [0.2, 0.25) is 5.88 Å². The first-order valence-corrected chi connectivity index (χ1v) is 12.0. The Morgan fingerprint density at radius 1 is 1.22 bits per heavy atom. The van der Waals surface area contributed by atoms with Gasteiger partial charge in [-0.15, -0.1) is 0 Å². The van der Waals surface area contributed by atoms with Crippen molar-refractivity contribution in [3.63, 3.8) is 0 Å². The van der Waals surface area contributed by atoms with Gasteiger partial charge in [0.15, 0.2) is 0 Å². The first-order valence-electron chi connectivity index (χ1n) is 10.6. The molecule has 1 aliphatic heterocycles. The molecule has 0 amide bonds. The number of pyridine rings is 2. The maximum Gasteiger partial charge on any atom is 0.308 e. The molecule has 0 radical (unpaired) electrons. The lowest BCUT2D eigenvalue weighted by Gasteiger charge is -2.36. The van der Waals surface area contributed by atoms with Crippen LogP contribution >= 0.6 is 0 Å². The average Bonchev–Trinajstić information content (AvgIpc) is 3.26. The van der Waals surface area contributed by atoms with Crippen LogP contribution in [0.15, 0.2) is 36.9 Å². The molecule has 32 heavy (non-hydrogen) atoms. The zero-order valence-electron chi connectivity index (χ0n) is 18.1. The molecule has 10 nitrogen and oxygen atoms in total. The van der Waals surface area contributed by atoms with E-state index in [2.05, 4.69) is 14.9 Å². The van der Waals surface area contributed by atoms with Crippen molar-refractivity contribution in [1.29, 1.82) is 0 Å². The molecule has 1 saturated carbocycles. The van der Waals surface area contributed by atoms with Crippen LogP contribution in [0.4, 0.5) is 5.82 Å². The minimum Gasteiger partial charge on any atom is -0.474 e. The van der Waals surface area contributed by atoms with E-state index in [1.807, 2.05) is 18.2 Å². The first-order chi connectivity index (χ1) is 15.4. The fourth-order valence-electron chi connectivity index (χ4n) is 4.09. The van der Waals surface area contributed by atoms with Crippen molar-refractivity contribution in [2.75, 3.05) is 45.3 Å². The van der Waals surface area contributed by atoms with Crippen molar-refractivity contribution in [3.8, 4) is 5.88 Å². The quantitative estimate of drug-likeness (QED) is 0.549. The number of fused-ring (bicyclic) bond motifs is 1. The van der Waals surface area contributed by atoms with Crippen LogP contribution in [-0.4, -0.2) is 78.1 Å². The Balaban J connectivity index is 1.35. The summed E-state index contributed by atoms with van der Waals surface area (Å²) in [5.41, 5.74) is 1.52. The molecule has 0 unspecified atom stereocenters. The molecule has 0 bridgehead atoms. The number of imidazole rings is 1. The molecule has 2 aliphatic rings. The van der Waals surface area contributed by atoms with Crippen molar-refractivity contribution >= 4 is 26.9 Å². The number of hydrogen-bond donors (Lipinski definition) is 0. The largest absolute Gasteiger partial charge is 0.474 e. The molecule has 170 valence electrons. The molecule has 2 fully saturated rings. The van der Waals surface area contributed by atoms with Gasteiger partial charge >= 0.3 is 10.2 Å². The third-order valence-corrected chi connectivity index (χ3v) is 7.75. The van der Waals surface area contributed by atoms with Gasteiger partial charge in [-0.3, -0.25) is 4.98 Å². The second-order valence-corrected chi connectivity index (χ2v) is 10.3. The molecule has 4 heterocycles. The van der Waals surface area contributed by atoms with E-state index in [0.717, 1.165) is 29.8 Å². The van der Waals surface area contributed by atoms with Crippen LogP contribution in [0, 0.1) is 0 Å². The Bertz CT molecular complexity index is 1220. The number of morpholine rings is 1. The summed E-state index contributed by atoms with van der Waals surface area (Å²) in [5.74, 6) is 1.46. The Kier molecular flexibility index (Phi) is 5.48. The van der Waals surface area contributed by atoms with Gasteiger partial charge < -0.3 is 14.4 Å². The monoisotopic (exact) mass is 458 g/mol. The summed E-state index contributed by atoms with van der Waals surface area (Å²) in [6, 6.07) is 5.82. The minimum absolute atomic E-state index is 0.0544. The third kappa shape index (κ3) is 3.80. The Hall–Kier alpha value is -2.76. The molecular formula is C21H26N6O4S. The molecule has 0 spiro atoms. The highest BCUT2D eigenvalue weighted by Gasteiger charge is 2.37. The lowest BCUT2D eigenvalue weighted by molar-refractivity contribution is 0.0933. The van der Waals surface area contributed by atoms with Crippen LogP contribution in [0.5, 0.6) is 5.88 Å². The van der Waals surface area contributed by atoms with Crippen LogP contribution in [0.25, 0.3) is 10.9 Å². The van der Waals surface area contributed by atoms with E-state index in [4.69, 9.17) is 14.5 Å². The van der Waals surface area contributed by atoms with Gasteiger partial charge in [0.05, 0.1) is 29.8 Å². The molecule has 1 saturated heterocycles. The van der Waals surface area contributed by atoms with E-state index in [9.17, 15) is 8.42 Å². The van der Waals surface area contributed by atoms with Crippen LogP contribution < -0.4 is 9.64 Å². The maximum absolute atomic E-state index is 12.6. The van der Waals surface area contributed by atoms with Crippen LogP contribution in [0.2, 0.25) is 0 Å². The highest BCUT2D eigenvalue weighted by Crippen LogP contribution is 2.40. The predicted molar refractivity (Wildman–Crippen MR) is 119 cm³/mol. The smallest absolute Gasteiger partial charge is 0.308 e. The van der Waals surface area contributed by atoms with Gasteiger partial charge in [-0.25, -0.2) is 8.96 Å². The highest BCUT2D eigenvalue weighted by atomic mass is 32.2. The number of ether oxygens (including phenoxy) is 2. The molecule has 0 N–H and O–H groups in total. The van der Waals surface area contributed by atoms with E-state index < -0.39 is 10.2 Å². The van der Waals surface area contributed by atoms with E-state index in [1.165, 1.54) is 28.7 Å². The zero-order chi connectivity index (χ0) is 22.3. The molecule has 1 aliphatic carbocycles. The number of anilines is 1. The molecule has 0 aromatic carbocycles. The van der Waals surface area contributed by atoms with Crippen LogP contribution in [0.1, 0.15) is 24.5 Å². The lowest BCUT2D eigenvalue weighted by Crippen LogP contribution is -2.37. The summed E-state index contributed by atoms with van der Waals surface area (Å²) >= 11 is 0. The Morgan fingerprint density at radius 3 is 2.75 bits per heavy atom. The summed E-state index contributed by atoms with van der Waals surface area (Å²) in [4.78, 5) is 15.5. The fourth-order valence-corrected chi connectivity index (χ4v) is 5.07. The average molecular weight is 459 g/mol. The molecule has 3 aromatic heterocycles. The summed E-state index contributed by atoms with van der Waals surface area (Å²) in [6.07, 6.45) is 6.08. The highest BCUT2D eigenvalue weighted by molar-refractivity contribution is 7.87. The van der Waals surface area contributed by atoms with Gasteiger partial charge in [0, 0.05) is 51.6 Å². The van der Waals surface area contributed by atoms with E-state index in [-0.39, 0.29) is 12.0 Å². The fraction of sp³-hybridized carbons (Fsp3) is 0.476. The standard InChI is InChI=1S/C21H26N6O4S/c1-25(2)32(28,29)27-14-22-13-19(27)15-10-16(11-15)31-21-17-4-3-5-23-18(17)12-20(24-21)26-6-8-30-9-7-26/h3-5,12-16H,6-11H2,1-2H3. The molecule has 5 rings (SSSR count). The third-order valence-electron chi connectivity index (χ3n) is 6.02. The van der Waals surface area contributed by atoms with Crippen LogP contribution in [0.3, 0.4) is 0 Å². The van der Waals surface area contributed by atoms with Crippen molar-refractivity contribution in [2.45, 2.75) is 24.9 Å². The van der Waals surface area contributed by atoms with E-state index >= 15 is 0 Å². The Morgan fingerprint density at radius 2 is 2.00 bits per heavy atom. The SMILES string of the molecule is CN(C)S(=O)(=O)n1cncc1C1CC(Oc2nc(N3CCOCC3)cc3ncccc23)C1. The van der Waals surface area contributed by atoms with Gasteiger partial charge in [-0.1, -0.05) is 0 Å². The van der Waals surface area contributed by atoms with Gasteiger partial charge in [-0.05, 0) is 25.0 Å². The van der Waals surface area contributed by atoms with E-state index in [1.54, 1.807) is 12.4 Å². The first kappa shape index (κ1) is 21.1. The lowest BCUT2D eigenvalue weighted by atomic mass is 9.80. The number of nitrogens with zero attached hydrogens (tertiary/aromatic N) is 6. The summed E-state index contributed by atoms with van der Waals surface area (Å²) in [7, 11) is -0.574. The normalized spacial score (nSPS) is 21.7. The summed E-state index contributed by atoms with van der Waals surface area (Å²) in [5, 5.41) is 0.869. The summed E-state index contributed by atoms with van der Waals surface area (Å²) < 4.78 is 39.3. The van der Waals surface area contributed by atoms with Crippen LogP contribution in [-0.2, 0) is 14.9 Å². The second kappa shape index (κ2) is 8.30. The Labute approximate surface area is 187 Å². The number of hydrogen-bond acceptors (Lipinski definition) is 8. The summed E-state index contributed by atoms with van der Waals surface area (Å²) in [6.45, 7) is 2.90. The molecular weight excluding hydrogens is 432 g/mol. The zero-order valence-corrected chi connectivity index (χ0v) is 18.9. The van der Waals surface area contributed by atoms with E-state index in [0.29, 0.717) is 37.6 Å². The van der Waals surface area contributed by atoms with Crippen molar-refractivity contribution in [2.24, 2.45) is 0 Å². The minimum atomic E-state index is -3.60. The second-order valence-electron chi connectivity index (χ2n) is 8.27. The number of rotatable bonds is 6.